The van der Waals surface area contributed by atoms with Crippen molar-refractivity contribution in [3.63, 3.8) is 0 Å². The van der Waals surface area contributed by atoms with Gasteiger partial charge in [-0.1, -0.05) is 20.3 Å². The van der Waals surface area contributed by atoms with E-state index in [1.54, 1.807) is 0 Å². The molecule has 1 aliphatic carbocycles. The fraction of sp³-hybridized carbons (Fsp3) is 0.846. The van der Waals surface area contributed by atoms with E-state index in [2.05, 4.69) is 24.5 Å². The van der Waals surface area contributed by atoms with Gasteiger partial charge in [0, 0.05) is 12.6 Å². The van der Waals surface area contributed by atoms with Crippen LogP contribution in [0.5, 0.6) is 0 Å². The maximum atomic E-state index is 11.6. The molecule has 0 aromatic rings. The number of hydrogen-bond donors (Lipinski definition) is 3. The van der Waals surface area contributed by atoms with Crippen molar-refractivity contribution in [3.05, 3.63) is 0 Å². The van der Waals surface area contributed by atoms with Crippen molar-refractivity contribution in [3.8, 4) is 0 Å². The minimum atomic E-state index is -0.808. The van der Waals surface area contributed by atoms with E-state index in [1.165, 1.54) is 0 Å². The predicted molar refractivity (Wildman–Crippen MR) is 69.4 cm³/mol. The molecule has 1 aliphatic rings. The molecule has 0 aromatic carbocycles. The molecular weight excluding hydrogens is 232 g/mol. The second kappa shape index (κ2) is 7.24. The molecule has 3 N–H and O–H groups in total. The Bertz CT molecular complexity index is 292. The van der Waals surface area contributed by atoms with Crippen LogP contribution < -0.4 is 10.6 Å². The van der Waals surface area contributed by atoms with Gasteiger partial charge in [0.15, 0.2) is 0 Å². The fourth-order valence-electron chi connectivity index (χ4n) is 2.36. The van der Waals surface area contributed by atoms with Crippen molar-refractivity contribution < 1.29 is 14.7 Å². The van der Waals surface area contributed by atoms with E-state index in [9.17, 15) is 9.59 Å². The van der Waals surface area contributed by atoms with Gasteiger partial charge in [-0.25, -0.2) is 4.79 Å². The molecular formula is C13H24N2O3. The average molecular weight is 256 g/mol. The van der Waals surface area contributed by atoms with Crippen molar-refractivity contribution in [2.75, 3.05) is 6.54 Å². The average Bonchev–Trinajstić information content (AvgIpc) is 2.72. The Morgan fingerprint density at radius 3 is 2.67 bits per heavy atom. The quantitative estimate of drug-likeness (QED) is 0.636. The molecule has 104 valence electrons. The molecule has 0 aromatic heterocycles. The number of nitrogens with one attached hydrogen (secondary N) is 2. The summed E-state index contributed by atoms with van der Waals surface area (Å²) >= 11 is 0. The van der Waals surface area contributed by atoms with Gasteiger partial charge in [0.05, 0.1) is 5.92 Å². The smallest absolute Gasteiger partial charge is 0.315 e. The number of urea groups is 1. The number of aliphatic carboxylic acids is 1. The first-order valence-electron chi connectivity index (χ1n) is 6.78. The van der Waals surface area contributed by atoms with Gasteiger partial charge in [0.1, 0.15) is 0 Å². The van der Waals surface area contributed by atoms with Crippen molar-refractivity contribution in [1.82, 2.24) is 10.6 Å². The molecule has 0 bridgehead atoms. The van der Waals surface area contributed by atoms with Gasteiger partial charge < -0.3 is 15.7 Å². The van der Waals surface area contributed by atoms with Crippen LogP contribution in [0.4, 0.5) is 4.79 Å². The fourth-order valence-corrected chi connectivity index (χ4v) is 2.36. The molecule has 0 heterocycles. The molecule has 1 saturated carbocycles. The first-order valence-corrected chi connectivity index (χ1v) is 6.78. The van der Waals surface area contributed by atoms with Gasteiger partial charge in [-0.3, -0.25) is 4.79 Å². The maximum absolute atomic E-state index is 11.6. The van der Waals surface area contributed by atoms with Crippen molar-refractivity contribution >= 4 is 12.0 Å². The van der Waals surface area contributed by atoms with Gasteiger partial charge in [-0.05, 0) is 31.6 Å². The Kier molecular flexibility index (Phi) is 5.95. The van der Waals surface area contributed by atoms with E-state index in [0.717, 1.165) is 25.7 Å². The summed E-state index contributed by atoms with van der Waals surface area (Å²) in [6, 6.07) is -0.454. The normalized spacial score (nSPS) is 23.1. The summed E-state index contributed by atoms with van der Waals surface area (Å²) in [6.07, 6.45) is 4.33. The van der Waals surface area contributed by atoms with Crippen LogP contribution in [-0.2, 0) is 4.79 Å². The number of carboxylic acid groups (broad SMARTS) is 1. The number of rotatable bonds is 6. The lowest BCUT2D eigenvalue weighted by atomic mass is 10.0. The monoisotopic (exact) mass is 256 g/mol. The van der Waals surface area contributed by atoms with E-state index in [4.69, 9.17) is 5.11 Å². The van der Waals surface area contributed by atoms with Crippen LogP contribution in [0.3, 0.4) is 0 Å². The lowest BCUT2D eigenvalue weighted by Gasteiger charge is -2.18. The highest BCUT2D eigenvalue weighted by molar-refractivity contribution is 5.76. The summed E-state index contributed by atoms with van der Waals surface area (Å²) in [7, 11) is 0. The topological polar surface area (TPSA) is 78.4 Å². The molecule has 1 rings (SSSR count). The van der Waals surface area contributed by atoms with Crippen molar-refractivity contribution in [1.29, 1.82) is 0 Å². The third-order valence-electron chi connectivity index (χ3n) is 3.39. The molecule has 2 unspecified atom stereocenters. The number of hydrogen-bond acceptors (Lipinski definition) is 2. The zero-order valence-electron chi connectivity index (χ0n) is 11.2. The van der Waals surface area contributed by atoms with Crippen LogP contribution in [-0.4, -0.2) is 29.7 Å². The highest BCUT2D eigenvalue weighted by Crippen LogP contribution is 2.25. The third kappa shape index (κ3) is 4.94. The summed E-state index contributed by atoms with van der Waals surface area (Å²) in [4.78, 5) is 22.6. The van der Waals surface area contributed by atoms with Gasteiger partial charge in [-0.15, -0.1) is 0 Å². The third-order valence-corrected chi connectivity index (χ3v) is 3.39. The lowest BCUT2D eigenvalue weighted by Crippen LogP contribution is -2.45. The maximum Gasteiger partial charge on any atom is 0.315 e. The molecule has 0 radical (unpaired) electrons. The van der Waals surface area contributed by atoms with Crippen molar-refractivity contribution in [2.45, 2.75) is 52.0 Å². The molecule has 2 amide bonds. The van der Waals surface area contributed by atoms with Gasteiger partial charge >= 0.3 is 12.0 Å². The summed E-state index contributed by atoms with van der Waals surface area (Å²) < 4.78 is 0. The Hall–Kier alpha value is -1.26. The van der Waals surface area contributed by atoms with Gasteiger partial charge in [-0.2, -0.15) is 0 Å². The van der Waals surface area contributed by atoms with Crippen LogP contribution in [0.25, 0.3) is 0 Å². The molecule has 0 aliphatic heterocycles. The van der Waals surface area contributed by atoms with E-state index in [0.29, 0.717) is 18.9 Å². The van der Waals surface area contributed by atoms with Crippen molar-refractivity contribution in [2.24, 2.45) is 11.8 Å². The predicted octanol–water partition coefficient (Wildman–Crippen LogP) is 1.98. The lowest BCUT2D eigenvalue weighted by molar-refractivity contribution is -0.142. The highest BCUT2D eigenvalue weighted by atomic mass is 16.4. The molecule has 0 saturated heterocycles. The SMILES string of the molecule is CC(C)CCCNC(=O)NC1CCCC1C(=O)O. The Labute approximate surface area is 108 Å². The summed E-state index contributed by atoms with van der Waals surface area (Å²) in [5.41, 5.74) is 0. The van der Waals surface area contributed by atoms with Gasteiger partial charge in [0.25, 0.3) is 0 Å². The number of carbonyl (C=O) groups excluding carboxylic acids is 1. The summed E-state index contributed by atoms with van der Waals surface area (Å²) in [5, 5.41) is 14.5. The van der Waals surface area contributed by atoms with Crippen LogP contribution in [0.1, 0.15) is 46.0 Å². The van der Waals surface area contributed by atoms with E-state index >= 15 is 0 Å². The Balaban J connectivity index is 2.21. The van der Waals surface area contributed by atoms with Crippen LogP contribution in [0.2, 0.25) is 0 Å². The number of carboxylic acids is 1. The van der Waals surface area contributed by atoms with E-state index in [1.807, 2.05) is 0 Å². The summed E-state index contributed by atoms with van der Waals surface area (Å²) in [5.74, 6) is -0.592. The molecule has 5 heteroatoms. The zero-order valence-corrected chi connectivity index (χ0v) is 11.2. The second-order valence-corrected chi connectivity index (χ2v) is 5.42. The molecule has 5 nitrogen and oxygen atoms in total. The van der Waals surface area contributed by atoms with Crippen LogP contribution in [0, 0.1) is 11.8 Å². The minimum Gasteiger partial charge on any atom is -0.481 e. The van der Waals surface area contributed by atoms with Gasteiger partial charge in [0.2, 0.25) is 0 Å². The molecule has 18 heavy (non-hydrogen) atoms. The first kappa shape index (κ1) is 14.8. The standard InChI is InChI=1S/C13H24N2O3/c1-9(2)5-4-8-14-13(18)15-11-7-3-6-10(11)12(16)17/h9-11H,3-8H2,1-2H3,(H,16,17)(H2,14,15,18). The summed E-state index contributed by atoms with van der Waals surface area (Å²) in [6.45, 7) is 4.95. The first-order chi connectivity index (χ1) is 8.50. The van der Waals surface area contributed by atoms with Crippen LogP contribution >= 0.6 is 0 Å². The number of amides is 2. The minimum absolute atomic E-state index is 0.215. The largest absolute Gasteiger partial charge is 0.481 e. The second-order valence-electron chi connectivity index (χ2n) is 5.42. The Morgan fingerprint density at radius 2 is 2.06 bits per heavy atom. The Morgan fingerprint density at radius 1 is 1.33 bits per heavy atom. The molecule has 2 atom stereocenters. The molecule has 0 spiro atoms. The van der Waals surface area contributed by atoms with E-state index in [-0.39, 0.29) is 12.1 Å². The molecule has 1 fully saturated rings. The van der Waals surface area contributed by atoms with Crippen LogP contribution in [0.15, 0.2) is 0 Å². The highest BCUT2D eigenvalue weighted by Gasteiger charge is 2.33. The zero-order chi connectivity index (χ0) is 13.5. The number of carbonyl (C=O) groups is 2. The van der Waals surface area contributed by atoms with E-state index < -0.39 is 11.9 Å².